The SMILES string of the molecule is CCC(C)[C@H](NC(=O)C(C)C(C)C)C(=O)O. The first kappa shape index (κ1) is 14.9. The summed E-state index contributed by atoms with van der Waals surface area (Å²) in [5.41, 5.74) is 0. The molecule has 0 aromatic rings. The van der Waals surface area contributed by atoms with Gasteiger partial charge in [0.15, 0.2) is 0 Å². The number of nitrogens with one attached hydrogen (secondary N) is 1. The fourth-order valence-electron chi connectivity index (χ4n) is 1.27. The van der Waals surface area contributed by atoms with Crippen molar-refractivity contribution in [1.82, 2.24) is 5.32 Å². The van der Waals surface area contributed by atoms with E-state index in [2.05, 4.69) is 5.32 Å². The van der Waals surface area contributed by atoms with Crippen LogP contribution in [0.4, 0.5) is 0 Å². The Bertz CT molecular complexity index is 251. The van der Waals surface area contributed by atoms with Crippen molar-refractivity contribution in [2.75, 3.05) is 0 Å². The van der Waals surface area contributed by atoms with E-state index in [1.807, 2.05) is 34.6 Å². The second kappa shape index (κ2) is 6.51. The molecule has 2 unspecified atom stereocenters. The molecular formula is C12H23NO3. The second-order valence-electron chi connectivity index (χ2n) is 4.74. The number of hydrogen-bond acceptors (Lipinski definition) is 2. The zero-order chi connectivity index (χ0) is 12.9. The molecule has 0 rings (SSSR count). The Balaban J connectivity index is 4.52. The van der Waals surface area contributed by atoms with Crippen LogP contribution in [0.1, 0.15) is 41.0 Å². The highest BCUT2D eigenvalue weighted by Crippen LogP contribution is 2.13. The van der Waals surface area contributed by atoms with E-state index in [9.17, 15) is 9.59 Å². The van der Waals surface area contributed by atoms with Crippen LogP contribution in [0.25, 0.3) is 0 Å². The van der Waals surface area contributed by atoms with Crippen molar-refractivity contribution < 1.29 is 14.7 Å². The van der Waals surface area contributed by atoms with Gasteiger partial charge in [0.1, 0.15) is 6.04 Å². The minimum atomic E-state index is -0.960. The van der Waals surface area contributed by atoms with Gasteiger partial charge in [-0.25, -0.2) is 4.79 Å². The van der Waals surface area contributed by atoms with E-state index in [0.717, 1.165) is 6.42 Å². The lowest BCUT2D eigenvalue weighted by Crippen LogP contribution is -2.47. The third kappa shape index (κ3) is 4.21. The zero-order valence-corrected chi connectivity index (χ0v) is 10.8. The summed E-state index contributed by atoms with van der Waals surface area (Å²) in [6, 6.07) is -0.779. The summed E-state index contributed by atoms with van der Waals surface area (Å²) in [7, 11) is 0. The highest BCUT2D eigenvalue weighted by molar-refractivity contribution is 5.85. The number of carboxylic acids is 1. The lowest BCUT2D eigenvalue weighted by atomic mass is 9.94. The number of rotatable bonds is 6. The molecule has 0 aliphatic carbocycles. The fourth-order valence-corrected chi connectivity index (χ4v) is 1.27. The van der Waals surface area contributed by atoms with Crippen LogP contribution >= 0.6 is 0 Å². The van der Waals surface area contributed by atoms with Gasteiger partial charge < -0.3 is 10.4 Å². The topological polar surface area (TPSA) is 66.4 Å². The number of amides is 1. The molecule has 94 valence electrons. The van der Waals surface area contributed by atoms with Gasteiger partial charge in [-0.3, -0.25) is 4.79 Å². The van der Waals surface area contributed by atoms with Crippen LogP contribution in [-0.4, -0.2) is 23.0 Å². The van der Waals surface area contributed by atoms with Crippen molar-refractivity contribution in [3.05, 3.63) is 0 Å². The number of carbonyl (C=O) groups excluding carboxylic acids is 1. The summed E-state index contributed by atoms with van der Waals surface area (Å²) in [6.45, 7) is 9.46. The largest absolute Gasteiger partial charge is 0.480 e. The predicted molar refractivity (Wildman–Crippen MR) is 63.0 cm³/mol. The van der Waals surface area contributed by atoms with Gasteiger partial charge in [-0.05, 0) is 11.8 Å². The Morgan fingerprint density at radius 2 is 1.69 bits per heavy atom. The zero-order valence-electron chi connectivity index (χ0n) is 10.8. The van der Waals surface area contributed by atoms with E-state index in [1.54, 1.807) is 0 Å². The molecule has 0 radical (unpaired) electrons. The van der Waals surface area contributed by atoms with Gasteiger partial charge in [-0.2, -0.15) is 0 Å². The van der Waals surface area contributed by atoms with Crippen LogP contribution in [-0.2, 0) is 9.59 Å². The summed E-state index contributed by atoms with van der Waals surface area (Å²) in [5.74, 6) is -1.14. The quantitative estimate of drug-likeness (QED) is 0.731. The van der Waals surface area contributed by atoms with E-state index in [-0.39, 0.29) is 23.7 Å². The van der Waals surface area contributed by atoms with E-state index in [1.165, 1.54) is 0 Å². The molecule has 0 aromatic carbocycles. The van der Waals surface area contributed by atoms with Crippen LogP contribution in [0.5, 0.6) is 0 Å². The van der Waals surface area contributed by atoms with E-state index < -0.39 is 12.0 Å². The Hall–Kier alpha value is -1.06. The molecule has 4 heteroatoms. The Kier molecular flexibility index (Phi) is 6.08. The third-order valence-corrected chi connectivity index (χ3v) is 3.19. The molecular weight excluding hydrogens is 206 g/mol. The van der Waals surface area contributed by atoms with Crippen LogP contribution in [0.15, 0.2) is 0 Å². The Labute approximate surface area is 97.4 Å². The first-order valence-corrected chi connectivity index (χ1v) is 5.84. The summed E-state index contributed by atoms with van der Waals surface area (Å²) in [5, 5.41) is 11.6. The van der Waals surface area contributed by atoms with Crippen LogP contribution in [0.3, 0.4) is 0 Å². The van der Waals surface area contributed by atoms with Crippen molar-refractivity contribution in [3.63, 3.8) is 0 Å². The van der Waals surface area contributed by atoms with Crippen molar-refractivity contribution in [2.45, 2.75) is 47.1 Å². The lowest BCUT2D eigenvalue weighted by Gasteiger charge is -2.23. The molecule has 1 amide bonds. The van der Waals surface area contributed by atoms with Gasteiger partial charge in [0.25, 0.3) is 0 Å². The monoisotopic (exact) mass is 229 g/mol. The number of carboxylic acid groups (broad SMARTS) is 1. The first-order valence-electron chi connectivity index (χ1n) is 5.84. The summed E-state index contributed by atoms with van der Waals surface area (Å²) in [6.07, 6.45) is 0.729. The minimum absolute atomic E-state index is 0.0548. The van der Waals surface area contributed by atoms with E-state index >= 15 is 0 Å². The minimum Gasteiger partial charge on any atom is -0.480 e. The molecule has 2 N–H and O–H groups in total. The van der Waals surface area contributed by atoms with Gasteiger partial charge in [-0.1, -0.05) is 41.0 Å². The highest BCUT2D eigenvalue weighted by Gasteiger charge is 2.27. The lowest BCUT2D eigenvalue weighted by molar-refractivity contribution is -0.144. The second-order valence-corrected chi connectivity index (χ2v) is 4.74. The van der Waals surface area contributed by atoms with Crippen LogP contribution < -0.4 is 5.32 Å². The molecule has 0 aromatic heterocycles. The fraction of sp³-hybridized carbons (Fsp3) is 0.833. The molecule has 0 saturated carbocycles. The van der Waals surface area contributed by atoms with Gasteiger partial charge >= 0.3 is 5.97 Å². The predicted octanol–water partition coefficient (Wildman–Crippen LogP) is 1.89. The van der Waals surface area contributed by atoms with Gasteiger partial charge in [0.05, 0.1) is 0 Å². The van der Waals surface area contributed by atoms with Crippen molar-refractivity contribution in [2.24, 2.45) is 17.8 Å². The van der Waals surface area contributed by atoms with Gasteiger partial charge in [0, 0.05) is 5.92 Å². The van der Waals surface area contributed by atoms with Crippen molar-refractivity contribution in [3.8, 4) is 0 Å². The average molecular weight is 229 g/mol. The normalized spacial score (nSPS) is 16.6. The van der Waals surface area contributed by atoms with Crippen LogP contribution in [0.2, 0.25) is 0 Å². The van der Waals surface area contributed by atoms with E-state index in [0.29, 0.717) is 0 Å². The molecule has 4 nitrogen and oxygen atoms in total. The number of carbonyl (C=O) groups is 2. The van der Waals surface area contributed by atoms with E-state index in [4.69, 9.17) is 5.11 Å². The molecule has 0 aliphatic heterocycles. The molecule has 0 aliphatic rings. The van der Waals surface area contributed by atoms with Crippen LogP contribution in [0, 0.1) is 17.8 Å². The molecule has 0 fully saturated rings. The van der Waals surface area contributed by atoms with Gasteiger partial charge in [-0.15, -0.1) is 0 Å². The summed E-state index contributed by atoms with van der Waals surface area (Å²) in [4.78, 5) is 22.8. The standard InChI is InChI=1S/C12H23NO3/c1-6-8(4)10(12(15)16)13-11(14)9(5)7(2)3/h7-10H,6H2,1-5H3,(H,13,14)(H,15,16)/t8?,9?,10-/m0/s1. The molecule has 0 spiro atoms. The third-order valence-electron chi connectivity index (χ3n) is 3.19. The smallest absolute Gasteiger partial charge is 0.326 e. The molecule has 16 heavy (non-hydrogen) atoms. The average Bonchev–Trinajstić information content (AvgIpc) is 2.22. The number of hydrogen-bond donors (Lipinski definition) is 2. The van der Waals surface area contributed by atoms with Crippen molar-refractivity contribution in [1.29, 1.82) is 0 Å². The maximum atomic E-state index is 11.7. The maximum absolute atomic E-state index is 11.7. The van der Waals surface area contributed by atoms with Gasteiger partial charge in [0.2, 0.25) is 5.91 Å². The number of aliphatic carboxylic acids is 1. The molecule has 0 heterocycles. The first-order chi connectivity index (χ1) is 7.31. The maximum Gasteiger partial charge on any atom is 0.326 e. The van der Waals surface area contributed by atoms with Crippen molar-refractivity contribution >= 4 is 11.9 Å². The molecule has 0 saturated heterocycles. The highest BCUT2D eigenvalue weighted by atomic mass is 16.4. The molecule has 0 bridgehead atoms. The summed E-state index contributed by atoms with van der Waals surface area (Å²) < 4.78 is 0. The Morgan fingerprint density at radius 3 is 2.00 bits per heavy atom. The summed E-state index contributed by atoms with van der Waals surface area (Å²) >= 11 is 0. The molecule has 3 atom stereocenters. The Morgan fingerprint density at radius 1 is 1.19 bits per heavy atom.